The molecule has 2 aromatic rings. The average Bonchev–Trinajstić information content (AvgIpc) is 3.04. The maximum atomic E-state index is 12.4. The minimum atomic E-state index is -2.86. The first-order valence-corrected chi connectivity index (χ1v) is 9.17. The monoisotopic (exact) mass is 408 g/mol. The Hall–Kier alpha value is -2.67. The van der Waals surface area contributed by atoms with E-state index < -0.39 is 12.5 Å². The van der Waals surface area contributed by atoms with Gasteiger partial charge in [-0.25, -0.2) is 0 Å². The molecular formula is C20H19ClF2N2O3. The molecule has 1 saturated heterocycles. The summed E-state index contributed by atoms with van der Waals surface area (Å²) < 4.78 is 28.6. The van der Waals surface area contributed by atoms with Gasteiger partial charge in [0.2, 0.25) is 11.8 Å². The number of hydrogen-bond donors (Lipinski definition) is 1. The Labute approximate surface area is 166 Å². The molecule has 5 nitrogen and oxygen atoms in total. The molecule has 3 rings (SSSR count). The standard InChI is InChI=1S/C20H19ClF2N2O3/c21-15-2-1-3-16(11-15)25-12-14(10-18(25)26)19(27)24-9-8-13-4-6-17(7-5-13)28-20(22)23/h1-7,11,14,20H,8-10,12H2,(H,24,27). The zero-order valence-corrected chi connectivity index (χ0v) is 15.7. The molecule has 1 fully saturated rings. The first-order valence-electron chi connectivity index (χ1n) is 8.80. The van der Waals surface area contributed by atoms with E-state index in [0.29, 0.717) is 30.2 Å². The summed E-state index contributed by atoms with van der Waals surface area (Å²) in [5.41, 5.74) is 1.56. The van der Waals surface area contributed by atoms with Gasteiger partial charge in [0.05, 0.1) is 5.92 Å². The number of amides is 2. The SMILES string of the molecule is O=C(NCCc1ccc(OC(F)F)cc1)C1CC(=O)N(c2cccc(Cl)c2)C1. The molecule has 1 aliphatic rings. The number of anilines is 1. The molecule has 8 heteroatoms. The zero-order valence-electron chi connectivity index (χ0n) is 14.9. The van der Waals surface area contributed by atoms with Gasteiger partial charge in [-0.05, 0) is 42.3 Å². The van der Waals surface area contributed by atoms with Crippen LogP contribution in [0.2, 0.25) is 5.02 Å². The number of rotatable bonds is 7. The predicted molar refractivity (Wildman–Crippen MR) is 102 cm³/mol. The number of alkyl halides is 2. The highest BCUT2D eigenvalue weighted by atomic mass is 35.5. The zero-order chi connectivity index (χ0) is 20.1. The van der Waals surface area contributed by atoms with Crippen LogP contribution in [0, 0.1) is 5.92 Å². The van der Waals surface area contributed by atoms with Crippen LogP contribution in [-0.4, -0.2) is 31.5 Å². The van der Waals surface area contributed by atoms with Gasteiger partial charge >= 0.3 is 6.61 Å². The molecular weight excluding hydrogens is 390 g/mol. The Bertz CT molecular complexity index is 846. The fourth-order valence-corrected chi connectivity index (χ4v) is 3.27. The summed E-state index contributed by atoms with van der Waals surface area (Å²) in [5.74, 6) is -0.630. The van der Waals surface area contributed by atoms with Crippen molar-refractivity contribution in [3.8, 4) is 5.75 Å². The summed E-state index contributed by atoms with van der Waals surface area (Å²) in [4.78, 5) is 26.2. The smallest absolute Gasteiger partial charge is 0.387 e. The van der Waals surface area contributed by atoms with E-state index in [9.17, 15) is 18.4 Å². The molecule has 1 N–H and O–H groups in total. The molecule has 0 spiro atoms. The fourth-order valence-electron chi connectivity index (χ4n) is 3.09. The first kappa shape index (κ1) is 20.1. The Morgan fingerprint density at radius 2 is 2.00 bits per heavy atom. The lowest BCUT2D eigenvalue weighted by atomic mass is 10.1. The number of benzene rings is 2. The highest BCUT2D eigenvalue weighted by molar-refractivity contribution is 6.31. The quantitative estimate of drug-likeness (QED) is 0.760. The van der Waals surface area contributed by atoms with Crippen LogP contribution in [0.3, 0.4) is 0 Å². The second-order valence-corrected chi connectivity index (χ2v) is 6.89. The van der Waals surface area contributed by atoms with Crippen molar-refractivity contribution in [2.24, 2.45) is 5.92 Å². The Morgan fingerprint density at radius 1 is 1.25 bits per heavy atom. The van der Waals surface area contributed by atoms with Gasteiger partial charge in [-0.3, -0.25) is 9.59 Å². The van der Waals surface area contributed by atoms with Gasteiger partial charge in [-0.1, -0.05) is 29.8 Å². The van der Waals surface area contributed by atoms with E-state index in [1.165, 1.54) is 12.1 Å². The van der Waals surface area contributed by atoms with Crippen LogP contribution in [0.15, 0.2) is 48.5 Å². The number of nitrogens with zero attached hydrogens (tertiary/aromatic N) is 1. The molecule has 0 radical (unpaired) electrons. The third-order valence-corrected chi connectivity index (χ3v) is 4.71. The molecule has 0 aromatic heterocycles. The lowest BCUT2D eigenvalue weighted by Gasteiger charge is -2.17. The molecule has 1 heterocycles. The van der Waals surface area contributed by atoms with Crippen LogP contribution in [0.25, 0.3) is 0 Å². The molecule has 0 bridgehead atoms. The number of carbonyl (C=O) groups is 2. The van der Waals surface area contributed by atoms with Crippen molar-refractivity contribution in [1.29, 1.82) is 0 Å². The summed E-state index contributed by atoms with van der Waals surface area (Å²) in [6, 6.07) is 13.2. The molecule has 148 valence electrons. The van der Waals surface area contributed by atoms with Crippen LogP contribution in [0.1, 0.15) is 12.0 Å². The van der Waals surface area contributed by atoms with Crippen molar-refractivity contribution in [3.63, 3.8) is 0 Å². The van der Waals surface area contributed by atoms with Crippen molar-refractivity contribution >= 4 is 29.1 Å². The Kier molecular flexibility index (Phi) is 6.46. The van der Waals surface area contributed by atoms with E-state index in [4.69, 9.17) is 11.6 Å². The molecule has 1 atom stereocenters. The average molecular weight is 409 g/mol. The maximum Gasteiger partial charge on any atom is 0.387 e. The summed E-state index contributed by atoms with van der Waals surface area (Å²) in [6.07, 6.45) is 0.692. The molecule has 2 aromatic carbocycles. The second-order valence-electron chi connectivity index (χ2n) is 6.45. The normalized spacial score (nSPS) is 16.5. The van der Waals surface area contributed by atoms with Gasteiger partial charge in [0, 0.05) is 30.2 Å². The van der Waals surface area contributed by atoms with E-state index in [2.05, 4.69) is 10.1 Å². The van der Waals surface area contributed by atoms with E-state index in [0.717, 1.165) is 5.56 Å². The maximum absolute atomic E-state index is 12.4. The lowest BCUT2D eigenvalue weighted by Crippen LogP contribution is -2.34. The third kappa shape index (κ3) is 5.19. The molecule has 0 aliphatic carbocycles. The number of hydrogen-bond acceptors (Lipinski definition) is 3. The summed E-state index contributed by atoms with van der Waals surface area (Å²) >= 11 is 5.97. The Balaban J connectivity index is 1.48. The van der Waals surface area contributed by atoms with Crippen molar-refractivity contribution < 1.29 is 23.1 Å². The van der Waals surface area contributed by atoms with Gasteiger partial charge in [0.1, 0.15) is 5.75 Å². The van der Waals surface area contributed by atoms with Crippen LogP contribution in [0.5, 0.6) is 5.75 Å². The van der Waals surface area contributed by atoms with Gasteiger partial charge in [0.25, 0.3) is 0 Å². The summed E-state index contributed by atoms with van der Waals surface area (Å²) in [5, 5.41) is 3.36. The van der Waals surface area contributed by atoms with Crippen LogP contribution < -0.4 is 15.0 Å². The number of carbonyl (C=O) groups excluding carboxylic acids is 2. The lowest BCUT2D eigenvalue weighted by molar-refractivity contribution is -0.126. The minimum absolute atomic E-state index is 0.0911. The van der Waals surface area contributed by atoms with E-state index >= 15 is 0 Å². The summed E-state index contributed by atoms with van der Waals surface area (Å²) in [7, 11) is 0. The van der Waals surface area contributed by atoms with Crippen LogP contribution >= 0.6 is 11.6 Å². The number of nitrogens with one attached hydrogen (secondary N) is 1. The van der Waals surface area contributed by atoms with Crippen molar-refractivity contribution in [2.75, 3.05) is 18.0 Å². The Morgan fingerprint density at radius 3 is 2.68 bits per heavy atom. The van der Waals surface area contributed by atoms with Crippen molar-refractivity contribution in [2.45, 2.75) is 19.5 Å². The largest absolute Gasteiger partial charge is 0.435 e. The molecule has 28 heavy (non-hydrogen) atoms. The van der Waals surface area contributed by atoms with E-state index in [-0.39, 0.29) is 24.0 Å². The van der Waals surface area contributed by atoms with Crippen LogP contribution in [0.4, 0.5) is 14.5 Å². The fraction of sp³-hybridized carbons (Fsp3) is 0.300. The minimum Gasteiger partial charge on any atom is -0.435 e. The molecule has 1 aliphatic heterocycles. The highest BCUT2D eigenvalue weighted by Gasteiger charge is 2.34. The van der Waals surface area contributed by atoms with Gasteiger partial charge in [-0.15, -0.1) is 0 Å². The summed E-state index contributed by atoms with van der Waals surface area (Å²) in [6.45, 7) is -2.16. The topological polar surface area (TPSA) is 58.6 Å². The molecule has 2 amide bonds. The third-order valence-electron chi connectivity index (χ3n) is 4.48. The van der Waals surface area contributed by atoms with Gasteiger partial charge in [0.15, 0.2) is 0 Å². The van der Waals surface area contributed by atoms with Gasteiger partial charge in [-0.2, -0.15) is 8.78 Å². The highest BCUT2D eigenvalue weighted by Crippen LogP contribution is 2.27. The van der Waals surface area contributed by atoms with Crippen molar-refractivity contribution in [1.82, 2.24) is 5.32 Å². The second kappa shape index (κ2) is 9.01. The van der Waals surface area contributed by atoms with Crippen molar-refractivity contribution in [3.05, 3.63) is 59.1 Å². The first-order chi connectivity index (χ1) is 13.4. The van der Waals surface area contributed by atoms with Crippen LogP contribution in [-0.2, 0) is 16.0 Å². The number of halogens is 3. The van der Waals surface area contributed by atoms with Gasteiger partial charge < -0.3 is 15.0 Å². The molecule has 1 unspecified atom stereocenters. The number of ether oxygens (including phenoxy) is 1. The predicted octanol–water partition coefficient (Wildman–Crippen LogP) is 3.65. The van der Waals surface area contributed by atoms with E-state index in [1.54, 1.807) is 41.3 Å². The molecule has 0 saturated carbocycles. The van der Waals surface area contributed by atoms with E-state index in [1.807, 2.05) is 0 Å².